The van der Waals surface area contributed by atoms with Gasteiger partial charge in [-0.2, -0.15) is 0 Å². The summed E-state index contributed by atoms with van der Waals surface area (Å²) in [4.78, 5) is 25.6. The lowest BCUT2D eigenvalue weighted by molar-refractivity contribution is -0.870. The molecule has 0 spiro atoms. The van der Waals surface area contributed by atoms with Crippen molar-refractivity contribution in [2.45, 2.75) is 270 Å². The number of phosphoric acid groups is 1. The lowest BCUT2D eigenvalue weighted by Crippen LogP contribution is -2.45. The van der Waals surface area contributed by atoms with Gasteiger partial charge in [0.2, 0.25) is 5.91 Å². The number of rotatable bonds is 56. The number of nitrogens with one attached hydrogen (secondary N) is 1. The van der Waals surface area contributed by atoms with E-state index in [0.717, 1.165) is 103 Å². The Morgan fingerprint density at radius 1 is 0.474 bits per heavy atom. The maximum absolute atomic E-state index is 13.0. The van der Waals surface area contributed by atoms with E-state index in [-0.39, 0.29) is 12.5 Å². The summed E-state index contributed by atoms with van der Waals surface area (Å²) in [7, 11) is 1.23. The molecule has 0 rings (SSSR count). The molecule has 0 aromatic carbocycles. The molecule has 3 unspecified atom stereocenters. The van der Waals surface area contributed by atoms with Crippen LogP contribution in [0.5, 0.6) is 0 Å². The zero-order valence-corrected chi connectivity index (χ0v) is 50.8. The van der Waals surface area contributed by atoms with Crippen molar-refractivity contribution in [2.24, 2.45) is 0 Å². The van der Waals surface area contributed by atoms with Crippen molar-refractivity contribution < 1.29 is 32.9 Å². The van der Waals surface area contributed by atoms with Gasteiger partial charge in [0.15, 0.2) is 0 Å². The Bertz CT molecular complexity index is 1600. The van der Waals surface area contributed by atoms with Crippen LogP contribution in [-0.4, -0.2) is 68.5 Å². The van der Waals surface area contributed by atoms with Crippen LogP contribution in [0.25, 0.3) is 0 Å². The van der Waals surface area contributed by atoms with Crippen molar-refractivity contribution >= 4 is 13.7 Å². The number of hydrogen-bond acceptors (Lipinski definition) is 6. The summed E-state index contributed by atoms with van der Waals surface area (Å²) in [6.07, 6.45) is 83.2. The zero-order chi connectivity index (χ0) is 55.6. The highest BCUT2D eigenvalue weighted by molar-refractivity contribution is 7.45. The molecule has 0 heterocycles. The largest absolute Gasteiger partial charge is 0.756 e. The second kappa shape index (κ2) is 56.9. The van der Waals surface area contributed by atoms with Crippen LogP contribution in [0.3, 0.4) is 0 Å². The minimum atomic E-state index is -4.62. The summed E-state index contributed by atoms with van der Waals surface area (Å²) in [5.74, 6) is -0.224. The van der Waals surface area contributed by atoms with Gasteiger partial charge in [0.25, 0.3) is 7.82 Å². The third-order valence-electron chi connectivity index (χ3n) is 13.5. The molecule has 0 aromatic heterocycles. The number of likely N-dealkylation sites (N-methyl/N-ethyl adjacent to an activating group) is 1. The first kappa shape index (κ1) is 73.2. The summed E-state index contributed by atoms with van der Waals surface area (Å²) in [6.45, 7) is 4.53. The monoisotopic (exact) mass is 1080 g/mol. The van der Waals surface area contributed by atoms with Crippen LogP contribution in [0.15, 0.2) is 109 Å². The highest BCUT2D eigenvalue weighted by Gasteiger charge is 2.23. The van der Waals surface area contributed by atoms with Gasteiger partial charge >= 0.3 is 0 Å². The minimum Gasteiger partial charge on any atom is -0.756 e. The molecule has 0 bridgehead atoms. The van der Waals surface area contributed by atoms with Crippen molar-refractivity contribution in [1.29, 1.82) is 0 Å². The van der Waals surface area contributed by atoms with E-state index in [9.17, 15) is 19.4 Å². The Balaban J connectivity index is 4.27. The molecule has 76 heavy (non-hydrogen) atoms. The average Bonchev–Trinajstić information content (AvgIpc) is 3.38. The SMILES string of the molecule is CC/C=C\C/C=C\C/C=C\C/C=C\C/C=C\C/C=C\C/C=C\C/C=C\CCCCCCC(=O)NC(COP(=O)([O-])OCC[N+](C)(C)C)C(O)/C=C/CCCCCCCCCCCCCCCCCCCCCCCCC. The van der Waals surface area contributed by atoms with Crippen molar-refractivity contribution in [3.63, 3.8) is 0 Å². The average molecular weight is 1080 g/mol. The van der Waals surface area contributed by atoms with Crippen molar-refractivity contribution in [1.82, 2.24) is 5.32 Å². The van der Waals surface area contributed by atoms with Gasteiger partial charge in [-0.15, -0.1) is 0 Å². The molecule has 1 amide bonds. The van der Waals surface area contributed by atoms with Crippen LogP contribution >= 0.6 is 7.82 Å². The third-order valence-corrected chi connectivity index (χ3v) is 14.5. The number of amides is 1. The number of carbonyl (C=O) groups is 1. The highest BCUT2D eigenvalue weighted by atomic mass is 31.2. The smallest absolute Gasteiger partial charge is 0.268 e. The van der Waals surface area contributed by atoms with Crippen molar-refractivity contribution in [2.75, 3.05) is 40.9 Å². The number of aliphatic hydroxyl groups is 1. The van der Waals surface area contributed by atoms with E-state index in [2.05, 4.69) is 116 Å². The molecule has 0 saturated carbocycles. The van der Waals surface area contributed by atoms with Crippen LogP contribution in [-0.2, 0) is 18.4 Å². The molecule has 0 aliphatic carbocycles. The zero-order valence-electron chi connectivity index (χ0n) is 49.9. The molecule has 9 heteroatoms. The number of carbonyl (C=O) groups excluding carboxylic acids is 1. The van der Waals surface area contributed by atoms with Crippen molar-refractivity contribution in [3.8, 4) is 0 Å². The Hall–Kier alpha value is -2.84. The van der Waals surface area contributed by atoms with Crippen molar-refractivity contribution in [3.05, 3.63) is 109 Å². The lowest BCUT2D eigenvalue weighted by atomic mass is 10.0. The normalized spacial score (nSPS) is 14.6. The van der Waals surface area contributed by atoms with Gasteiger partial charge in [0.1, 0.15) is 13.2 Å². The van der Waals surface area contributed by atoms with E-state index in [1.165, 1.54) is 135 Å². The molecular weight excluding hydrogens is 960 g/mol. The first-order chi connectivity index (χ1) is 37.0. The predicted molar refractivity (Wildman–Crippen MR) is 329 cm³/mol. The Morgan fingerprint density at radius 3 is 1.17 bits per heavy atom. The number of quaternary nitrogens is 1. The van der Waals surface area contributed by atoms with Gasteiger partial charge in [-0.25, -0.2) is 0 Å². The van der Waals surface area contributed by atoms with Gasteiger partial charge in [-0.05, 0) is 83.5 Å². The molecule has 0 saturated heterocycles. The standard InChI is InChI=1S/C67H119N2O6P/c1-6-8-10-12-14-16-18-20-22-24-26-28-30-32-33-34-35-37-39-41-43-45-47-49-51-53-55-57-59-61-67(71)68-65(64-75-76(72,73)74-63-62-69(3,4)5)66(70)60-58-56-54-52-50-48-46-44-42-40-38-36-31-29-27-25-23-21-19-17-15-13-11-9-7-2/h8,10,14,16,20,22,26,28,32-33,35,37,41,43,47,49,58,60,65-66,70H,6-7,9,11-13,15,17-19,21,23-25,27,29-31,34,36,38-40,42,44-46,48,50-57,59,61-64H2,1-5H3,(H-,68,71,72,73)/b10-8-,16-14-,22-20-,28-26-,33-32-,37-35-,43-41-,49-47-,60-58+. The Labute approximate surface area is 470 Å². The van der Waals surface area contributed by atoms with E-state index in [1.54, 1.807) is 6.08 Å². The van der Waals surface area contributed by atoms with Gasteiger partial charge in [-0.3, -0.25) is 9.36 Å². The minimum absolute atomic E-state index is 0.0120. The molecule has 0 aromatic rings. The molecule has 2 N–H and O–H groups in total. The van der Waals surface area contributed by atoms with Gasteiger partial charge in [-0.1, -0.05) is 277 Å². The van der Waals surface area contributed by atoms with E-state index in [0.29, 0.717) is 17.4 Å². The van der Waals surface area contributed by atoms with Gasteiger partial charge < -0.3 is 28.8 Å². The van der Waals surface area contributed by atoms with E-state index >= 15 is 0 Å². The molecule has 0 aliphatic rings. The fourth-order valence-corrected chi connectivity index (χ4v) is 9.36. The number of aliphatic hydroxyl groups excluding tert-OH is 1. The first-order valence-corrected chi connectivity index (χ1v) is 32.7. The topological polar surface area (TPSA) is 108 Å². The highest BCUT2D eigenvalue weighted by Crippen LogP contribution is 2.38. The third kappa shape index (κ3) is 58.8. The van der Waals surface area contributed by atoms with Crippen LogP contribution in [0.4, 0.5) is 0 Å². The second-order valence-electron chi connectivity index (χ2n) is 22.0. The predicted octanol–water partition coefficient (Wildman–Crippen LogP) is 18.9. The molecule has 438 valence electrons. The number of nitrogens with zero attached hydrogens (tertiary/aromatic N) is 1. The lowest BCUT2D eigenvalue weighted by Gasteiger charge is -2.29. The van der Waals surface area contributed by atoms with Gasteiger partial charge in [0, 0.05) is 6.42 Å². The molecule has 0 radical (unpaired) electrons. The molecule has 3 atom stereocenters. The summed E-state index contributed by atoms with van der Waals surface area (Å²) < 4.78 is 23.4. The fourth-order valence-electron chi connectivity index (χ4n) is 8.64. The number of phosphoric ester groups is 1. The maximum atomic E-state index is 13.0. The molecule has 0 aliphatic heterocycles. The molecule has 0 fully saturated rings. The van der Waals surface area contributed by atoms with Crippen LogP contribution in [0, 0.1) is 0 Å². The summed E-state index contributed by atoms with van der Waals surface area (Å²) in [5, 5.41) is 13.9. The Kier molecular flexibility index (Phi) is 54.7. The number of unbranched alkanes of at least 4 members (excludes halogenated alkanes) is 27. The maximum Gasteiger partial charge on any atom is 0.268 e. The second-order valence-corrected chi connectivity index (χ2v) is 23.4. The van der Waals surface area contributed by atoms with Gasteiger partial charge in [0.05, 0.1) is 39.9 Å². The summed E-state index contributed by atoms with van der Waals surface area (Å²) >= 11 is 0. The summed E-state index contributed by atoms with van der Waals surface area (Å²) in [5.41, 5.74) is 0. The number of hydrogen-bond donors (Lipinski definition) is 2. The molecular formula is C67H119N2O6P. The van der Waals surface area contributed by atoms with Crippen LogP contribution in [0.1, 0.15) is 258 Å². The summed E-state index contributed by atoms with van der Waals surface area (Å²) in [6, 6.07) is -0.910. The Morgan fingerprint density at radius 2 is 0.803 bits per heavy atom. The quantitative estimate of drug-likeness (QED) is 0.0272. The van der Waals surface area contributed by atoms with Crippen LogP contribution < -0.4 is 10.2 Å². The van der Waals surface area contributed by atoms with E-state index in [1.807, 2.05) is 27.2 Å². The first-order valence-electron chi connectivity index (χ1n) is 31.2. The van der Waals surface area contributed by atoms with E-state index in [4.69, 9.17) is 9.05 Å². The molecule has 8 nitrogen and oxygen atoms in total. The van der Waals surface area contributed by atoms with Crippen LogP contribution in [0.2, 0.25) is 0 Å². The number of allylic oxidation sites excluding steroid dienone is 17. The fraction of sp³-hybridized carbons (Fsp3) is 0.716. The van der Waals surface area contributed by atoms with E-state index < -0.39 is 26.6 Å².